The third kappa shape index (κ3) is 5.77. The number of nitrogens with one attached hydrogen (secondary N) is 1. The number of halogens is 3. The van der Waals surface area contributed by atoms with Crippen LogP contribution in [0.3, 0.4) is 0 Å². The fourth-order valence-corrected chi connectivity index (χ4v) is 1.73. The Hall–Kier alpha value is -1.31. The highest BCUT2D eigenvalue weighted by Crippen LogP contribution is 2.29. The van der Waals surface area contributed by atoms with Crippen molar-refractivity contribution in [1.29, 1.82) is 0 Å². The first-order valence-electron chi connectivity index (χ1n) is 6.08. The summed E-state index contributed by atoms with van der Waals surface area (Å²) in [5, 5.41) is 12.4. The van der Waals surface area contributed by atoms with Crippen LogP contribution in [-0.2, 0) is 4.74 Å². The summed E-state index contributed by atoms with van der Waals surface area (Å²) in [5.74, 6) is -0.249. The Balaban J connectivity index is 2.70. The zero-order chi connectivity index (χ0) is 15.2. The van der Waals surface area contributed by atoms with Crippen molar-refractivity contribution in [2.24, 2.45) is 0 Å². The van der Waals surface area contributed by atoms with Gasteiger partial charge in [-0.3, -0.25) is 0 Å². The van der Waals surface area contributed by atoms with E-state index in [2.05, 4.69) is 10.1 Å². The van der Waals surface area contributed by atoms with Crippen molar-refractivity contribution in [2.75, 3.05) is 20.3 Å². The normalized spacial score (nSPS) is 14.9. The van der Waals surface area contributed by atoms with Crippen LogP contribution in [0.1, 0.15) is 18.5 Å². The van der Waals surface area contributed by atoms with Gasteiger partial charge in [0.05, 0.1) is 12.7 Å². The molecule has 0 saturated heterocycles. The molecule has 7 heteroatoms. The van der Waals surface area contributed by atoms with Crippen LogP contribution in [0.15, 0.2) is 24.3 Å². The van der Waals surface area contributed by atoms with Gasteiger partial charge in [-0.25, -0.2) is 0 Å². The molecule has 0 aliphatic carbocycles. The Kier molecular flexibility index (Phi) is 6.25. The first-order valence-corrected chi connectivity index (χ1v) is 6.08. The van der Waals surface area contributed by atoms with Gasteiger partial charge in [0.2, 0.25) is 0 Å². The van der Waals surface area contributed by atoms with Gasteiger partial charge in [0.15, 0.2) is 0 Å². The van der Waals surface area contributed by atoms with Gasteiger partial charge in [-0.05, 0) is 13.0 Å². The molecule has 0 aliphatic heterocycles. The van der Waals surface area contributed by atoms with Gasteiger partial charge in [-0.1, -0.05) is 18.2 Å². The van der Waals surface area contributed by atoms with Crippen LogP contribution in [0.4, 0.5) is 13.2 Å². The lowest BCUT2D eigenvalue weighted by Gasteiger charge is -2.20. The fourth-order valence-electron chi connectivity index (χ4n) is 1.73. The van der Waals surface area contributed by atoms with E-state index >= 15 is 0 Å². The average molecular weight is 293 g/mol. The number of methoxy groups -OCH3 is 1. The molecule has 0 radical (unpaired) electrons. The molecule has 20 heavy (non-hydrogen) atoms. The number of para-hydroxylation sites is 1. The van der Waals surface area contributed by atoms with Crippen LogP contribution in [0.2, 0.25) is 0 Å². The van der Waals surface area contributed by atoms with E-state index in [-0.39, 0.29) is 18.9 Å². The van der Waals surface area contributed by atoms with E-state index in [0.717, 1.165) is 0 Å². The number of aliphatic hydroxyl groups is 1. The molecule has 0 aliphatic rings. The standard InChI is InChI=1S/C13H18F3NO3/c1-9(17-7-10(18)8-19-2)11-5-3-4-6-12(11)20-13(14,15)16/h3-6,9-10,17-18H,7-8H2,1-2H3. The van der Waals surface area contributed by atoms with Crippen molar-refractivity contribution in [3.63, 3.8) is 0 Å². The molecule has 1 rings (SSSR count). The quantitative estimate of drug-likeness (QED) is 0.809. The molecule has 0 aromatic heterocycles. The first kappa shape index (κ1) is 16.7. The van der Waals surface area contributed by atoms with Crippen LogP contribution in [0, 0.1) is 0 Å². The Morgan fingerprint density at radius 2 is 1.95 bits per heavy atom. The van der Waals surface area contributed by atoms with Gasteiger partial charge >= 0.3 is 6.36 Å². The predicted molar refractivity (Wildman–Crippen MR) is 67.4 cm³/mol. The molecular formula is C13H18F3NO3. The number of alkyl halides is 3. The zero-order valence-corrected chi connectivity index (χ0v) is 11.3. The fraction of sp³-hybridized carbons (Fsp3) is 0.538. The van der Waals surface area contributed by atoms with Crippen LogP contribution >= 0.6 is 0 Å². The second kappa shape index (κ2) is 7.47. The lowest BCUT2D eigenvalue weighted by atomic mass is 10.1. The summed E-state index contributed by atoms with van der Waals surface area (Å²) in [6.07, 6.45) is -5.45. The van der Waals surface area contributed by atoms with E-state index in [4.69, 9.17) is 4.74 Å². The molecule has 1 aromatic rings. The largest absolute Gasteiger partial charge is 0.573 e. The van der Waals surface area contributed by atoms with Crippen molar-refractivity contribution >= 4 is 0 Å². The van der Waals surface area contributed by atoms with E-state index in [9.17, 15) is 18.3 Å². The molecule has 0 fully saturated rings. The van der Waals surface area contributed by atoms with Crippen molar-refractivity contribution in [3.8, 4) is 5.75 Å². The van der Waals surface area contributed by atoms with Gasteiger partial charge in [0.1, 0.15) is 5.75 Å². The Morgan fingerprint density at radius 1 is 1.30 bits per heavy atom. The second-order valence-electron chi connectivity index (χ2n) is 4.32. The Morgan fingerprint density at radius 3 is 2.55 bits per heavy atom. The maximum Gasteiger partial charge on any atom is 0.573 e. The molecule has 0 spiro atoms. The highest BCUT2D eigenvalue weighted by Gasteiger charge is 2.32. The molecule has 2 N–H and O–H groups in total. The summed E-state index contributed by atoms with van der Waals surface area (Å²) in [7, 11) is 1.46. The summed E-state index contributed by atoms with van der Waals surface area (Å²) in [5.41, 5.74) is 0.370. The Labute approximate surface area is 115 Å². The summed E-state index contributed by atoms with van der Waals surface area (Å²) >= 11 is 0. The van der Waals surface area contributed by atoms with Gasteiger partial charge in [-0.15, -0.1) is 13.2 Å². The number of hydrogen-bond acceptors (Lipinski definition) is 4. The zero-order valence-electron chi connectivity index (χ0n) is 11.3. The van der Waals surface area contributed by atoms with E-state index in [1.165, 1.54) is 19.2 Å². The average Bonchev–Trinajstić information content (AvgIpc) is 2.35. The van der Waals surface area contributed by atoms with E-state index in [1.54, 1.807) is 19.1 Å². The topological polar surface area (TPSA) is 50.7 Å². The minimum Gasteiger partial charge on any atom is -0.405 e. The molecular weight excluding hydrogens is 275 g/mol. The SMILES string of the molecule is COCC(O)CNC(C)c1ccccc1OC(F)(F)F. The lowest BCUT2D eigenvalue weighted by Crippen LogP contribution is -2.32. The summed E-state index contributed by atoms with van der Waals surface area (Å²) in [4.78, 5) is 0. The van der Waals surface area contributed by atoms with Gasteiger partial charge in [-0.2, -0.15) is 0 Å². The van der Waals surface area contributed by atoms with Crippen molar-refractivity contribution < 1.29 is 27.8 Å². The number of hydrogen-bond donors (Lipinski definition) is 2. The minimum absolute atomic E-state index is 0.153. The third-order valence-electron chi connectivity index (χ3n) is 2.63. The monoisotopic (exact) mass is 293 g/mol. The third-order valence-corrected chi connectivity index (χ3v) is 2.63. The summed E-state index contributed by atoms with van der Waals surface area (Å²) < 4.78 is 45.6. The maximum absolute atomic E-state index is 12.3. The molecule has 4 nitrogen and oxygen atoms in total. The number of ether oxygens (including phenoxy) is 2. The van der Waals surface area contributed by atoms with Crippen molar-refractivity contribution in [2.45, 2.75) is 25.4 Å². The lowest BCUT2D eigenvalue weighted by molar-refractivity contribution is -0.275. The molecule has 114 valence electrons. The van der Waals surface area contributed by atoms with Gasteiger partial charge < -0.3 is 19.9 Å². The minimum atomic E-state index is -4.73. The second-order valence-corrected chi connectivity index (χ2v) is 4.32. The van der Waals surface area contributed by atoms with Crippen molar-refractivity contribution in [1.82, 2.24) is 5.32 Å². The molecule has 0 heterocycles. The van der Waals surface area contributed by atoms with E-state index in [1.807, 2.05) is 0 Å². The highest BCUT2D eigenvalue weighted by molar-refractivity contribution is 5.35. The molecule has 0 bridgehead atoms. The highest BCUT2D eigenvalue weighted by atomic mass is 19.4. The van der Waals surface area contributed by atoms with Crippen LogP contribution in [-0.4, -0.2) is 37.8 Å². The molecule has 0 saturated carbocycles. The molecule has 2 unspecified atom stereocenters. The van der Waals surface area contributed by atoms with Gasteiger partial charge in [0, 0.05) is 25.3 Å². The number of benzene rings is 1. The Bertz CT molecular complexity index is 412. The molecule has 1 aromatic carbocycles. The summed E-state index contributed by atoms with van der Waals surface area (Å²) in [6, 6.07) is 5.49. The maximum atomic E-state index is 12.3. The van der Waals surface area contributed by atoms with Gasteiger partial charge in [0.25, 0.3) is 0 Å². The van der Waals surface area contributed by atoms with E-state index in [0.29, 0.717) is 5.56 Å². The van der Waals surface area contributed by atoms with Crippen LogP contribution in [0.5, 0.6) is 5.75 Å². The van der Waals surface area contributed by atoms with Crippen molar-refractivity contribution in [3.05, 3.63) is 29.8 Å². The van der Waals surface area contributed by atoms with Crippen LogP contribution < -0.4 is 10.1 Å². The smallest absolute Gasteiger partial charge is 0.405 e. The van der Waals surface area contributed by atoms with E-state index < -0.39 is 18.5 Å². The number of aliphatic hydroxyl groups excluding tert-OH is 1. The first-order chi connectivity index (χ1) is 9.33. The predicted octanol–water partition coefficient (Wildman–Crippen LogP) is 2.24. The number of rotatable bonds is 7. The summed E-state index contributed by atoms with van der Waals surface area (Å²) in [6.45, 7) is 2.05. The van der Waals surface area contributed by atoms with Crippen LogP contribution in [0.25, 0.3) is 0 Å². The molecule has 0 amide bonds. The molecule has 2 atom stereocenters.